The molecule has 146 valence electrons. The van der Waals surface area contributed by atoms with E-state index >= 15 is 0 Å². The van der Waals surface area contributed by atoms with Gasteiger partial charge in [0.1, 0.15) is 5.75 Å². The smallest absolute Gasteiger partial charge is 0.255 e. The molecule has 2 amide bonds. The minimum Gasteiger partial charge on any atom is -0.497 e. The normalized spacial score (nSPS) is 16.4. The van der Waals surface area contributed by atoms with Crippen LogP contribution in [-0.4, -0.2) is 61.7 Å². The number of hydrogen-bond acceptors (Lipinski definition) is 6. The standard InChI is InChI=1S/C20H22N4O4/c1-27-16-4-2-14(3-5-16)13-24-17-10-15(11-21-19(17)22-12-18(24)25)20(26)23-6-8-28-9-7-23/h2-5,10-11H,6-9,12-13H2,1H3,(H,21,22). The third-order valence-corrected chi connectivity index (χ3v) is 4.91. The fraction of sp³-hybridized carbons (Fsp3) is 0.350. The van der Waals surface area contributed by atoms with Gasteiger partial charge in [0, 0.05) is 19.3 Å². The fourth-order valence-corrected chi connectivity index (χ4v) is 3.34. The number of nitrogens with one attached hydrogen (secondary N) is 1. The Labute approximate surface area is 163 Å². The van der Waals surface area contributed by atoms with Crippen LogP contribution in [0.1, 0.15) is 15.9 Å². The maximum atomic E-state index is 12.8. The van der Waals surface area contributed by atoms with E-state index in [0.717, 1.165) is 11.3 Å². The van der Waals surface area contributed by atoms with Crippen molar-refractivity contribution in [3.63, 3.8) is 0 Å². The number of carbonyl (C=O) groups excluding carboxylic acids is 2. The number of rotatable bonds is 4. The van der Waals surface area contributed by atoms with Gasteiger partial charge in [-0.15, -0.1) is 0 Å². The Morgan fingerprint density at radius 2 is 2.00 bits per heavy atom. The van der Waals surface area contributed by atoms with Gasteiger partial charge in [0.05, 0.1) is 44.7 Å². The molecule has 0 radical (unpaired) electrons. The molecule has 0 bridgehead atoms. The van der Waals surface area contributed by atoms with E-state index in [4.69, 9.17) is 9.47 Å². The first kappa shape index (κ1) is 18.2. The molecule has 28 heavy (non-hydrogen) atoms. The van der Waals surface area contributed by atoms with Crippen LogP contribution in [0.15, 0.2) is 36.5 Å². The lowest BCUT2D eigenvalue weighted by Gasteiger charge is -2.31. The maximum absolute atomic E-state index is 12.8. The quantitative estimate of drug-likeness (QED) is 0.863. The monoisotopic (exact) mass is 382 g/mol. The zero-order valence-electron chi connectivity index (χ0n) is 15.7. The van der Waals surface area contributed by atoms with Crippen LogP contribution in [-0.2, 0) is 16.1 Å². The molecule has 1 fully saturated rings. The Morgan fingerprint density at radius 1 is 1.25 bits per heavy atom. The number of hydrogen-bond donors (Lipinski definition) is 1. The van der Waals surface area contributed by atoms with Crippen LogP contribution in [0, 0.1) is 0 Å². The molecule has 0 atom stereocenters. The van der Waals surface area contributed by atoms with Gasteiger partial charge in [0.2, 0.25) is 5.91 Å². The highest BCUT2D eigenvalue weighted by Gasteiger charge is 2.27. The highest BCUT2D eigenvalue weighted by Crippen LogP contribution is 2.30. The molecule has 4 rings (SSSR count). The van der Waals surface area contributed by atoms with E-state index < -0.39 is 0 Å². The number of aromatic nitrogens is 1. The zero-order valence-corrected chi connectivity index (χ0v) is 15.7. The Hall–Kier alpha value is -3.13. The second kappa shape index (κ2) is 7.85. The van der Waals surface area contributed by atoms with Gasteiger partial charge >= 0.3 is 0 Å². The Kier molecular flexibility index (Phi) is 5.12. The van der Waals surface area contributed by atoms with E-state index in [-0.39, 0.29) is 18.4 Å². The zero-order chi connectivity index (χ0) is 19.5. The largest absolute Gasteiger partial charge is 0.497 e. The number of pyridine rings is 1. The summed E-state index contributed by atoms with van der Waals surface area (Å²) in [7, 11) is 1.61. The van der Waals surface area contributed by atoms with Crippen LogP contribution < -0.4 is 15.0 Å². The summed E-state index contributed by atoms with van der Waals surface area (Å²) in [6.07, 6.45) is 1.56. The topological polar surface area (TPSA) is 84.0 Å². The summed E-state index contributed by atoms with van der Waals surface area (Å²) >= 11 is 0. The van der Waals surface area contributed by atoms with Crippen LogP contribution in [0.3, 0.4) is 0 Å². The van der Waals surface area contributed by atoms with Crippen molar-refractivity contribution in [1.29, 1.82) is 0 Å². The van der Waals surface area contributed by atoms with E-state index in [1.54, 1.807) is 29.2 Å². The maximum Gasteiger partial charge on any atom is 0.255 e. The van der Waals surface area contributed by atoms with E-state index in [2.05, 4.69) is 10.3 Å². The summed E-state index contributed by atoms with van der Waals surface area (Å²) in [5.41, 5.74) is 2.05. The first-order chi connectivity index (χ1) is 13.7. The Bertz CT molecular complexity index is 878. The van der Waals surface area contributed by atoms with Crippen LogP contribution >= 0.6 is 0 Å². The molecule has 0 aliphatic carbocycles. The molecule has 0 unspecified atom stereocenters. The molecule has 2 aromatic rings. The van der Waals surface area contributed by atoms with Crippen LogP contribution in [0.4, 0.5) is 11.5 Å². The van der Waals surface area contributed by atoms with Crippen LogP contribution in [0.25, 0.3) is 0 Å². The molecule has 2 aliphatic rings. The first-order valence-electron chi connectivity index (χ1n) is 9.20. The average molecular weight is 382 g/mol. The number of anilines is 2. The summed E-state index contributed by atoms with van der Waals surface area (Å²) < 4.78 is 10.5. The third-order valence-electron chi connectivity index (χ3n) is 4.91. The Morgan fingerprint density at radius 3 is 2.71 bits per heavy atom. The van der Waals surface area contributed by atoms with Crippen molar-refractivity contribution in [3.8, 4) is 5.75 Å². The summed E-state index contributed by atoms with van der Waals surface area (Å²) in [6, 6.07) is 9.31. The number of methoxy groups -OCH3 is 1. The molecule has 1 N–H and O–H groups in total. The summed E-state index contributed by atoms with van der Waals surface area (Å²) in [6.45, 7) is 2.76. The fourth-order valence-electron chi connectivity index (χ4n) is 3.34. The number of ether oxygens (including phenoxy) is 2. The molecule has 8 heteroatoms. The highest BCUT2D eigenvalue weighted by atomic mass is 16.5. The van der Waals surface area contributed by atoms with Gasteiger partial charge in [-0.2, -0.15) is 0 Å². The van der Waals surface area contributed by atoms with Crippen molar-refractivity contribution < 1.29 is 19.1 Å². The number of fused-ring (bicyclic) bond motifs is 1. The predicted octanol–water partition coefficient (Wildman–Crippen LogP) is 1.52. The average Bonchev–Trinajstić information content (AvgIpc) is 2.76. The van der Waals surface area contributed by atoms with Crippen molar-refractivity contribution in [2.24, 2.45) is 0 Å². The lowest BCUT2D eigenvalue weighted by Crippen LogP contribution is -2.42. The van der Waals surface area contributed by atoms with Gasteiger partial charge in [-0.05, 0) is 23.8 Å². The van der Waals surface area contributed by atoms with Gasteiger partial charge < -0.3 is 24.6 Å². The number of carbonyl (C=O) groups is 2. The minimum atomic E-state index is -0.0963. The molecule has 3 heterocycles. The number of nitrogens with zero attached hydrogens (tertiary/aromatic N) is 3. The predicted molar refractivity (Wildman–Crippen MR) is 104 cm³/mol. The van der Waals surface area contributed by atoms with Gasteiger partial charge in [-0.1, -0.05) is 12.1 Å². The third kappa shape index (κ3) is 3.63. The second-order valence-corrected chi connectivity index (χ2v) is 6.68. The van der Waals surface area contributed by atoms with E-state index in [0.29, 0.717) is 49.9 Å². The number of amides is 2. The first-order valence-corrected chi connectivity index (χ1v) is 9.20. The van der Waals surface area contributed by atoms with Gasteiger partial charge in [0.15, 0.2) is 5.82 Å². The number of morpholine rings is 1. The molecule has 1 saturated heterocycles. The van der Waals surface area contributed by atoms with Crippen molar-refractivity contribution in [2.45, 2.75) is 6.54 Å². The molecular formula is C20H22N4O4. The lowest BCUT2D eigenvalue weighted by atomic mass is 10.1. The summed E-state index contributed by atoms with van der Waals surface area (Å²) in [5.74, 6) is 1.20. The summed E-state index contributed by atoms with van der Waals surface area (Å²) in [5, 5.41) is 3.02. The van der Waals surface area contributed by atoms with E-state index in [1.807, 2.05) is 24.3 Å². The van der Waals surface area contributed by atoms with Gasteiger partial charge in [-0.25, -0.2) is 4.98 Å². The Balaban J connectivity index is 1.60. The second-order valence-electron chi connectivity index (χ2n) is 6.68. The van der Waals surface area contributed by atoms with Gasteiger partial charge in [-0.3, -0.25) is 9.59 Å². The van der Waals surface area contributed by atoms with Crippen LogP contribution in [0.2, 0.25) is 0 Å². The molecule has 1 aromatic heterocycles. The van der Waals surface area contributed by atoms with Crippen LogP contribution in [0.5, 0.6) is 5.75 Å². The molecule has 8 nitrogen and oxygen atoms in total. The molecule has 1 aromatic carbocycles. The van der Waals surface area contributed by atoms with Crippen molar-refractivity contribution in [3.05, 3.63) is 47.7 Å². The SMILES string of the molecule is COc1ccc(CN2C(=O)CNc3ncc(C(=O)N4CCOCC4)cc32)cc1. The summed E-state index contributed by atoms with van der Waals surface area (Å²) in [4.78, 5) is 33.2. The molecule has 0 spiro atoms. The lowest BCUT2D eigenvalue weighted by molar-refractivity contribution is -0.117. The molecule has 0 saturated carbocycles. The van der Waals surface area contributed by atoms with E-state index in [1.165, 1.54) is 0 Å². The minimum absolute atomic E-state index is 0.0684. The van der Waals surface area contributed by atoms with E-state index in [9.17, 15) is 9.59 Å². The molecule has 2 aliphatic heterocycles. The van der Waals surface area contributed by atoms with Crippen molar-refractivity contribution in [2.75, 3.05) is 50.2 Å². The highest BCUT2D eigenvalue weighted by molar-refractivity contribution is 6.04. The van der Waals surface area contributed by atoms with Crippen molar-refractivity contribution >= 4 is 23.3 Å². The number of benzene rings is 1. The van der Waals surface area contributed by atoms with Crippen molar-refractivity contribution in [1.82, 2.24) is 9.88 Å². The van der Waals surface area contributed by atoms with Gasteiger partial charge in [0.25, 0.3) is 5.91 Å². The molecular weight excluding hydrogens is 360 g/mol.